The zero-order chi connectivity index (χ0) is 17.8. The van der Waals surface area contributed by atoms with Gasteiger partial charge in [0.2, 0.25) is 0 Å². The van der Waals surface area contributed by atoms with E-state index in [0.29, 0.717) is 27.5 Å². The van der Waals surface area contributed by atoms with Crippen LogP contribution < -0.4 is 11.1 Å². The smallest absolute Gasteiger partial charge is 0.255 e. The molecular weight excluding hydrogens is 338 g/mol. The van der Waals surface area contributed by atoms with Crippen molar-refractivity contribution in [1.29, 1.82) is 0 Å². The van der Waals surface area contributed by atoms with Crippen LogP contribution >= 0.6 is 11.6 Å². The summed E-state index contributed by atoms with van der Waals surface area (Å²) in [5, 5.41) is 3.10. The molecule has 6 heteroatoms. The van der Waals surface area contributed by atoms with Crippen LogP contribution in [0.5, 0.6) is 0 Å². The molecule has 5 nitrogen and oxygen atoms in total. The normalized spacial score (nSPS) is 14.2. The second-order valence-electron chi connectivity index (χ2n) is 6.13. The highest BCUT2D eigenvalue weighted by Gasteiger charge is 2.20. The third-order valence-electron chi connectivity index (χ3n) is 4.25. The topological polar surface area (TPSA) is 75.4 Å². The van der Waals surface area contributed by atoms with Gasteiger partial charge in [-0.1, -0.05) is 17.7 Å². The van der Waals surface area contributed by atoms with Crippen LogP contribution in [0.25, 0.3) is 0 Å². The minimum absolute atomic E-state index is 0.0570. The lowest BCUT2D eigenvalue weighted by Crippen LogP contribution is -2.35. The highest BCUT2D eigenvalue weighted by atomic mass is 35.5. The summed E-state index contributed by atoms with van der Waals surface area (Å²) in [5.74, 6) is -0.336. The van der Waals surface area contributed by atoms with Gasteiger partial charge in [-0.05, 0) is 55.7 Å². The highest BCUT2D eigenvalue weighted by Crippen LogP contribution is 2.24. The number of carbonyl (C=O) groups is 2. The molecule has 1 saturated heterocycles. The number of rotatable bonds is 3. The second kappa shape index (κ2) is 7.57. The van der Waals surface area contributed by atoms with Crippen molar-refractivity contribution in [1.82, 2.24) is 4.90 Å². The molecule has 25 heavy (non-hydrogen) atoms. The first-order chi connectivity index (χ1) is 12.0. The number of amides is 2. The maximum atomic E-state index is 12.6. The number of anilines is 2. The lowest BCUT2D eigenvalue weighted by Gasteiger charge is -2.27. The number of nitrogen functional groups attached to an aromatic ring is 1. The molecule has 0 aliphatic carbocycles. The third-order valence-corrected chi connectivity index (χ3v) is 4.56. The Balaban J connectivity index is 1.73. The second-order valence-corrected chi connectivity index (χ2v) is 6.53. The lowest BCUT2D eigenvalue weighted by molar-refractivity contribution is 0.0724. The molecule has 0 bridgehead atoms. The van der Waals surface area contributed by atoms with Gasteiger partial charge in [0.25, 0.3) is 11.8 Å². The Morgan fingerprint density at radius 2 is 1.80 bits per heavy atom. The molecule has 1 aliphatic rings. The van der Waals surface area contributed by atoms with Crippen molar-refractivity contribution >= 4 is 34.8 Å². The van der Waals surface area contributed by atoms with Gasteiger partial charge in [-0.2, -0.15) is 0 Å². The number of carbonyl (C=O) groups excluding carboxylic acids is 2. The van der Waals surface area contributed by atoms with E-state index in [-0.39, 0.29) is 11.8 Å². The first-order valence-electron chi connectivity index (χ1n) is 8.30. The lowest BCUT2D eigenvalue weighted by atomic mass is 10.1. The summed E-state index contributed by atoms with van der Waals surface area (Å²) < 4.78 is 0. The molecule has 130 valence electrons. The summed E-state index contributed by atoms with van der Waals surface area (Å²) in [6.07, 6.45) is 3.21. The van der Waals surface area contributed by atoms with Crippen LogP contribution in [0.4, 0.5) is 11.4 Å². The maximum Gasteiger partial charge on any atom is 0.255 e. The maximum absolute atomic E-state index is 12.6. The summed E-state index contributed by atoms with van der Waals surface area (Å²) >= 11 is 6.28. The van der Waals surface area contributed by atoms with Crippen LogP contribution in [-0.4, -0.2) is 29.8 Å². The number of benzene rings is 2. The first kappa shape index (κ1) is 17.3. The van der Waals surface area contributed by atoms with Crippen LogP contribution in [0.3, 0.4) is 0 Å². The molecular formula is C19H20ClN3O2. The number of piperidine rings is 1. The Bertz CT molecular complexity index is 801. The van der Waals surface area contributed by atoms with Crippen LogP contribution in [-0.2, 0) is 0 Å². The van der Waals surface area contributed by atoms with Crippen molar-refractivity contribution < 1.29 is 9.59 Å². The minimum Gasteiger partial charge on any atom is -0.399 e. The number of nitrogens with two attached hydrogens (primary N) is 1. The van der Waals surface area contributed by atoms with Gasteiger partial charge in [0, 0.05) is 30.0 Å². The Morgan fingerprint density at radius 1 is 1.04 bits per heavy atom. The Kier molecular flexibility index (Phi) is 5.24. The van der Waals surface area contributed by atoms with E-state index in [2.05, 4.69) is 5.32 Å². The highest BCUT2D eigenvalue weighted by molar-refractivity contribution is 6.34. The molecule has 0 spiro atoms. The van der Waals surface area contributed by atoms with E-state index in [4.69, 9.17) is 17.3 Å². The third kappa shape index (κ3) is 4.12. The van der Waals surface area contributed by atoms with Crippen molar-refractivity contribution in [3.8, 4) is 0 Å². The van der Waals surface area contributed by atoms with E-state index >= 15 is 0 Å². The van der Waals surface area contributed by atoms with Crippen molar-refractivity contribution in [2.45, 2.75) is 19.3 Å². The predicted octanol–water partition coefficient (Wildman–Crippen LogP) is 3.80. The SMILES string of the molecule is Nc1cccc(C(=O)Nc2ccc(C(=O)N3CCCCC3)c(Cl)c2)c1. The predicted molar refractivity (Wildman–Crippen MR) is 100 cm³/mol. The number of nitrogens with one attached hydrogen (secondary N) is 1. The van der Waals surface area contributed by atoms with Gasteiger partial charge in [0.15, 0.2) is 0 Å². The van der Waals surface area contributed by atoms with Gasteiger partial charge in [0.05, 0.1) is 10.6 Å². The minimum atomic E-state index is -0.279. The molecule has 2 aromatic carbocycles. The fraction of sp³-hybridized carbons (Fsp3) is 0.263. The summed E-state index contributed by atoms with van der Waals surface area (Å²) in [6.45, 7) is 1.53. The largest absolute Gasteiger partial charge is 0.399 e. The first-order valence-corrected chi connectivity index (χ1v) is 8.68. The van der Waals surface area contributed by atoms with E-state index in [1.54, 1.807) is 42.5 Å². The van der Waals surface area contributed by atoms with Gasteiger partial charge in [-0.25, -0.2) is 0 Å². The molecule has 2 aromatic rings. The van der Waals surface area contributed by atoms with E-state index in [9.17, 15) is 9.59 Å². The number of hydrogen-bond donors (Lipinski definition) is 2. The molecule has 0 atom stereocenters. The molecule has 0 saturated carbocycles. The average molecular weight is 358 g/mol. The van der Waals surface area contributed by atoms with Gasteiger partial charge in [-0.3, -0.25) is 9.59 Å². The van der Waals surface area contributed by atoms with Gasteiger partial charge >= 0.3 is 0 Å². The molecule has 0 aromatic heterocycles. The van der Waals surface area contributed by atoms with E-state index in [1.807, 2.05) is 4.90 Å². The quantitative estimate of drug-likeness (QED) is 0.820. The Morgan fingerprint density at radius 3 is 2.48 bits per heavy atom. The monoisotopic (exact) mass is 357 g/mol. The molecule has 1 fully saturated rings. The Hall–Kier alpha value is -2.53. The van der Waals surface area contributed by atoms with Gasteiger partial charge in [0.1, 0.15) is 0 Å². The number of nitrogens with zero attached hydrogens (tertiary/aromatic N) is 1. The zero-order valence-electron chi connectivity index (χ0n) is 13.8. The standard InChI is InChI=1S/C19H20ClN3O2/c20-17-12-15(22-18(24)13-5-4-6-14(21)11-13)7-8-16(17)19(25)23-9-2-1-3-10-23/h4-8,11-12H,1-3,9-10,21H2,(H,22,24). The zero-order valence-corrected chi connectivity index (χ0v) is 14.6. The van der Waals surface area contributed by atoms with Crippen LogP contribution in [0, 0.1) is 0 Å². The van der Waals surface area contributed by atoms with E-state index in [0.717, 1.165) is 32.4 Å². The molecule has 3 rings (SSSR count). The fourth-order valence-electron chi connectivity index (χ4n) is 2.92. The summed E-state index contributed by atoms with van der Waals surface area (Å²) in [7, 11) is 0. The van der Waals surface area contributed by atoms with Crippen molar-refractivity contribution in [2.75, 3.05) is 24.1 Å². The molecule has 0 unspecified atom stereocenters. The molecule has 0 radical (unpaired) electrons. The van der Waals surface area contributed by atoms with Crippen LogP contribution in [0.2, 0.25) is 5.02 Å². The van der Waals surface area contributed by atoms with Crippen LogP contribution in [0.15, 0.2) is 42.5 Å². The van der Waals surface area contributed by atoms with Crippen molar-refractivity contribution in [3.05, 3.63) is 58.6 Å². The molecule has 3 N–H and O–H groups in total. The van der Waals surface area contributed by atoms with Gasteiger partial charge in [-0.15, -0.1) is 0 Å². The number of halogens is 1. The summed E-state index contributed by atoms with van der Waals surface area (Å²) in [4.78, 5) is 26.6. The Labute approximate surface area is 151 Å². The summed E-state index contributed by atoms with van der Waals surface area (Å²) in [5.41, 5.74) is 7.68. The van der Waals surface area contributed by atoms with Crippen molar-refractivity contribution in [3.63, 3.8) is 0 Å². The van der Waals surface area contributed by atoms with Crippen molar-refractivity contribution in [2.24, 2.45) is 0 Å². The van der Waals surface area contributed by atoms with E-state index < -0.39 is 0 Å². The van der Waals surface area contributed by atoms with Crippen LogP contribution in [0.1, 0.15) is 40.0 Å². The van der Waals surface area contributed by atoms with E-state index in [1.165, 1.54) is 0 Å². The molecule has 1 aliphatic heterocycles. The number of likely N-dealkylation sites (tertiary alicyclic amines) is 1. The number of hydrogen-bond acceptors (Lipinski definition) is 3. The van der Waals surface area contributed by atoms with Gasteiger partial charge < -0.3 is 16.0 Å². The molecule has 1 heterocycles. The molecule has 2 amide bonds. The summed E-state index contributed by atoms with van der Waals surface area (Å²) in [6, 6.07) is 11.7. The fourth-order valence-corrected chi connectivity index (χ4v) is 3.18. The average Bonchev–Trinajstić information content (AvgIpc) is 2.62.